The van der Waals surface area contributed by atoms with Gasteiger partial charge in [-0.15, -0.1) is 0 Å². The molecule has 1 aromatic rings. The second kappa shape index (κ2) is 9.84. The van der Waals surface area contributed by atoms with Gasteiger partial charge in [0.05, 0.1) is 20.6 Å². The normalized spacial score (nSPS) is 14.8. The van der Waals surface area contributed by atoms with Gasteiger partial charge >= 0.3 is 0 Å². The summed E-state index contributed by atoms with van der Waals surface area (Å²) in [5, 5.41) is 4.19. The molecular weight excluding hydrogens is 316 g/mol. The number of nitrogens with zero attached hydrogens (tertiary/aromatic N) is 2. The first-order valence-corrected chi connectivity index (χ1v) is 9.59. The van der Waals surface area contributed by atoms with Crippen LogP contribution < -0.4 is 15.1 Å². The Morgan fingerprint density at radius 1 is 1.17 bits per heavy atom. The van der Waals surface area contributed by atoms with E-state index in [1.807, 2.05) is 0 Å². The average molecular weight is 350 g/mol. The number of hydrogen-bond donors (Lipinski definition) is 2. The van der Waals surface area contributed by atoms with E-state index in [9.17, 15) is 0 Å². The van der Waals surface area contributed by atoms with Gasteiger partial charge < -0.3 is 20.0 Å². The van der Waals surface area contributed by atoms with Crippen LogP contribution in [0, 0.1) is 0 Å². The fourth-order valence-electron chi connectivity index (χ4n) is 3.08. The quantitative estimate of drug-likeness (QED) is 0.575. The molecule has 1 fully saturated rings. The molecule has 2 N–H and O–H groups in total. The monoisotopic (exact) mass is 349 g/mol. The predicted molar refractivity (Wildman–Crippen MR) is 107 cm³/mol. The van der Waals surface area contributed by atoms with Crippen molar-refractivity contribution in [2.45, 2.75) is 32.2 Å². The van der Waals surface area contributed by atoms with Gasteiger partial charge in [0.25, 0.3) is 0 Å². The summed E-state index contributed by atoms with van der Waals surface area (Å²) in [5.41, 5.74) is 2.66. The molecule has 1 heterocycles. The summed E-state index contributed by atoms with van der Waals surface area (Å²) in [5.74, 6) is 0. The molecule has 0 atom stereocenters. The van der Waals surface area contributed by atoms with Crippen LogP contribution in [0.2, 0.25) is 0 Å². The number of quaternary nitrogens is 1. The van der Waals surface area contributed by atoms with Crippen LogP contribution in [0.3, 0.4) is 0 Å². The lowest BCUT2D eigenvalue weighted by atomic mass is 10.1. The van der Waals surface area contributed by atoms with Crippen molar-refractivity contribution in [2.75, 3.05) is 52.2 Å². The molecule has 0 spiro atoms. The van der Waals surface area contributed by atoms with Gasteiger partial charge in [0.2, 0.25) is 0 Å². The van der Waals surface area contributed by atoms with Gasteiger partial charge in [-0.25, -0.2) is 0 Å². The molecule has 1 aliphatic heterocycles. The first-order chi connectivity index (χ1) is 11.6. The zero-order valence-electron chi connectivity index (χ0n) is 15.5. The third kappa shape index (κ3) is 6.29. The second-order valence-electron chi connectivity index (χ2n) is 7.11. The summed E-state index contributed by atoms with van der Waals surface area (Å²) in [4.78, 5) is 6.09. The van der Waals surface area contributed by atoms with Crippen molar-refractivity contribution in [3.05, 3.63) is 29.8 Å². The Labute approximate surface area is 152 Å². The van der Waals surface area contributed by atoms with E-state index in [2.05, 4.69) is 60.5 Å². The molecule has 0 amide bonds. The minimum Gasteiger partial charge on any atom is -0.372 e. The average Bonchev–Trinajstić information content (AvgIpc) is 2.59. The van der Waals surface area contributed by atoms with Gasteiger partial charge in [-0.05, 0) is 49.2 Å². The van der Waals surface area contributed by atoms with Gasteiger partial charge in [0.1, 0.15) is 0 Å². The van der Waals surface area contributed by atoms with Crippen LogP contribution in [0.25, 0.3) is 0 Å². The lowest BCUT2D eigenvalue weighted by Crippen LogP contribution is -3.05. The second-order valence-corrected chi connectivity index (χ2v) is 7.50. The Balaban J connectivity index is 1.76. The molecule has 0 aliphatic carbocycles. The van der Waals surface area contributed by atoms with Crippen molar-refractivity contribution in [1.29, 1.82) is 0 Å². The van der Waals surface area contributed by atoms with Crippen molar-refractivity contribution < 1.29 is 4.90 Å². The summed E-state index contributed by atoms with van der Waals surface area (Å²) in [6.45, 7) is 5.36. The van der Waals surface area contributed by atoms with Gasteiger partial charge in [-0.3, -0.25) is 0 Å². The van der Waals surface area contributed by atoms with Gasteiger partial charge in [0.15, 0.2) is 5.11 Å². The van der Waals surface area contributed by atoms with E-state index < -0.39 is 0 Å². The third-order valence-electron chi connectivity index (χ3n) is 4.55. The molecule has 1 saturated heterocycles. The van der Waals surface area contributed by atoms with Crippen LogP contribution in [-0.2, 0) is 6.54 Å². The molecule has 134 valence electrons. The highest BCUT2D eigenvalue weighted by molar-refractivity contribution is 7.80. The third-order valence-corrected chi connectivity index (χ3v) is 5.01. The first-order valence-electron chi connectivity index (χ1n) is 9.18. The van der Waals surface area contributed by atoms with Crippen molar-refractivity contribution >= 4 is 23.0 Å². The number of hydrogen-bond acceptors (Lipinski definition) is 2. The minimum absolute atomic E-state index is 0.837. The van der Waals surface area contributed by atoms with E-state index in [-0.39, 0.29) is 0 Å². The molecule has 24 heavy (non-hydrogen) atoms. The molecule has 0 radical (unpaired) electrons. The molecule has 1 aromatic carbocycles. The Bertz CT molecular complexity index is 495. The fraction of sp³-hybridized carbons (Fsp3) is 0.632. The molecule has 0 unspecified atom stereocenters. The summed E-state index contributed by atoms with van der Waals surface area (Å²) < 4.78 is 0. The van der Waals surface area contributed by atoms with Gasteiger partial charge in [-0.2, -0.15) is 0 Å². The number of nitrogens with one attached hydrogen (secondary N) is 2. The molecule has 0 bridgehead atoms. The highest BCUT2D eigenvalue weighted by Gasteiger charge is 2.11. The Morgan fingerprint density at radius 2 is 1.83 bits per heavy atom. The topological polar surface area (TPSA) is 22.9 Å². The number of rotatable bonds is 7. The maximum Gasteiger partial charge on any atom is 0.168 e. The SMILES string of the molecule is CN(Cc1ccc(N2CCCCC2)cc1)C(=S)NCCC[NH+](C)C. The van der Waals surface area contributed by atoms with Crippen molar-refractivity contribution in [3.63, 3.8) is 0 Å². The van der Waals surface area contributed by atoms with E-state index in [0.717, 1.165) is 31.2 Å². The zero-order valence-corrected chi connectivity index (χ0v) is 16.3. The van der Waals surface area contributed by atoms with E-state index in [1.165, 1.54) is 48.5 Å². The van der Waals surface area contributed by atoms with Crippen LogP contribution in [0.1, 0.15) is 31.2 Å². The number of anilines is 1. The molecule has 0 saturated carbocycles. The Kier molecular flexibility index (Phi) is 7.79. The van der Waals surface area contributed by atoms with Crippen LogP contribution in [0.4, 0.5) is 5.69 Å². The summed E-state index contributed by atoms with van der Waals surface area (Å²) in [7, 11) is 6.42. The molecule has 0 aromatic heterocycles. The lowest BCUT2D eigenvalue weighted by molar-refractivity contribution is -0.858. The fourth-order valence-corrected chi connectivity index (χ4v) is 3.25. The summed E-state index contributed by atoms with van der Waals surface area (Å²) >= 11 is 5.48. The van der Waals surface area contributed by atoms with Crippen molar-refractivity contribution in [2.24, 2.45) is 0 Å². The largest absolute Gasteiger partial charge is 0.372 e. The number of benzene rings is 1. The standard InChI is InChI=1S/C19H32N4S/c1-21(2)13-7-12-20-19(24)22(3)16-17-8-10-18(11-9-17)23-14-5-4-6-15-23/h8-11H,4-7,12-16H2,1-3H3,(H,20,24)/p+1. The minimum atomic E-state index is 0.837. The molecule has 4 nitrogen and oxygen atoms in total. The van der Waals surface area contributed by atoms with E-state index >= 15 is 0 Å². The lowest BCUT2D eigenvalue weighted by Gasteiger charge is -2.29. The highest BCUT2D eigenvalue weighted by atomic mass is 32.1. The van der Waals surface area contributed by atoms with Crippen LogP contribution in [0.5, 0.6) is 0 Å². The maximum atomic E-state index is 5.48. The van der Waals surface area contributed by atoms with Crippen molar-refractivity contribution in [3.8, 4) is 0 Å². The van der Waals surface area contributed by atoms with Crippen LogP contribution in [-0.4, -0.2) is 57.3 Å². The van der Waals surface area contributed by atoms with E-state index in [1.54, 1.807) is 0 Å². The summed E-state index contributed by atoms with van der Waals surface area (Å²) in [6.07, 6.45) is 5.15. The van der Waals surface area contributed by atoms with Gasteiger partial charge in [-0.1, -0.05) is 12.1 Å². The Hall–Kier alpha value is -1.33. The van der Waals surface area contributed by atoms with Crippen LogP contribution >= 0.6 is 12.2 Å². The molecule has 5 heteroatoms. The molecule has 1 aliphatic rings. The smallest absolute Gasteiger partial charge is 0.168 e. The van der Waals surface area contributed by atoms with E-state index in [4.69, 9.17) is 12.2 Å². The number of piperidine rings is 1. The number of thiocarbonyl (C=S) groups is 1. The summed E-state index contributed by atoms with van der Waals surface area (Å²) in [6, 6.07) is 8.98. The van der Waals surface area contributed by atoms with Gasteiger partial charge in [0, 0.05) is 45.3 Å². The first kappa shape index (κ1) is 19.0. The zero-order chi connectivity index (χ0) is 17.4. The highest BCUT2D eigenvalue weighted by Crippen LogP contribution is 2.20. The van der Waals surface area contributed by atoms with Crippen LogP contribution in [0.15, 0.2) is 24.3 Å². The van der Waals surface area contributed by atoms with E-state index in [0.29, 0.717) is 0 Å². The maximum absolute atomic E-state index is 5.48. The molecule has 2 rings (SSSR count). The Morgan fingerprint density at radius 3 is 2.46 bits per heavy atom. The van der Waals surface area contributed by atoms with Crippen molar-refractivity contribution in [1.82, 2.24) is 10.2 Å². The predicted octanol–water partition coefficient (Wildman–Crippen LogP) is 1.52. The molecular formula is C19H33N4S+.